The van der Waals surface area contributed by atoms with Crippen molar-refractivity contribution in [2.45, 2.75) is 25.9 Å². The Balaban J connectivity index is 1.75. The number of rotatable bonds is 6. The van der Waals surface area contributed by atoms with Crippen molar-refractivity contribution in [2.24, 2.45) is 5.92 Å². The van der Waals surface area contributed by atoms with Gasteiger partial charge in [0.2, 0.25) is 0 Å². The molecule has 7 nitrogen and oxygen atoms in total. The molecule has 1 fully saturated rings. The van der Waals surface area contributed by atoms with Crippen LogP contribution in [0.5, 0.6) is 5.75 Å². The van der Waals surface area contributed by atoms with Gasteiger partial charge in [-0.15, -0.1) is 0 Å². The van der Waals surface area contributed by atoms with Crippen LogP contribution in [-0.2, 0) is 13.1 Å². The Hall–Kier alpha value is -3.32. The van der Waals surface area contributed by atoms with Gasteiger partial charge in [0.25, 0.3) is 5.56 Å². The van der Waals surface area contributed by atoms with Crippen molar-refractivity contribution in [2.75, 3.05) is 7.11 Å². The number of ether oxygens (including phenoxy) is 1. The second-order valence-corrected chi connectivity index (χ2v) is 8.29. The molecule has 0 amide bonds. The van der Waals surface area contributed by atoms with Gasteiger partial charge in [-0.25, -0.2) is 14.3 Å². The number of halogens is 1. The highest BCUT2D eigenvalue weighted by Crippen LogP contribution is 2.30. The van der Waals surface area contributed by atoms with Gasteiger partial charge in [0.05, 0.1) is 19.1 Å². The number of benzene rings is 2. The maximum Gasteiger partial charge on any atom is 0.337 e. The van der Waals surface area contributed by atoms with Crippen LogP contribution in [0.1, 0.15) is 18.4 Å². The van der Waals surface area contributed by atoms with Gasteiger partial charge in [0, 0.05) is 24.2 Å². The lowest BCUT2D eigenvalue weighted by molar-refractivity contribution is 0.414. The van der Waals surface area contributed by atoms with Crippen LogP contribution in [0.25, 0.3) is 16.9 Å². The fraction of sp³-hybridized carbons (Fsp3) is 0.261. The quantitative estimate of drug-likeness (QED) is 0.464. The summed E-state index contributed by atoms with van der Waals surface area (Å²) in [7, 11) is 1.57. The van der Waals surface area contributed by atoms with Gasteiger partial charge in [0.1, 0.15) is 5.75 Å². The predicted octanol–water partition coefficient (Wildman–Crippen LogP) is 3.47. The van der Waals surface area contributed by atoms with Crippen molar-refractivity contribution < 1.29 is 4.74 Å². The Bertz CT molecular complexity index is 1400. The van der Waals surface area contributed by atoms with Crippen molar-refractivity contribution in [1.29, 1.82) is 0 Å². The lowest BCUT2D eigenvalue weighted by atomic mass is 10.2. The lowest BCUT2D eigenvalue weighted by Crippen LogP contribution is -2.40. The molecule has 0 unspecified atom stereocenters. The molecule has 1 aliphatic rings. The number of hydrogen-bond donors (Lipinski definition) is 0. The topological polar surface area (TPSA) is 71.1 Å². The van der Waals surface area contributed by atoms with Crippen LogP contribution in [0.3, 0.4) is 0 Å². The third-order valence-corrected chi connectivity index (χ3v) is 5.83. The number of aromatic nitrogens is 4. The summed E-state index contributed by atoms with van der Waals surface area (Å²) in [5.74, 6) is 0.988. The normalized spacial score (nSPS) is 13.6. The number of hydrogen-bond acceptors (Lipinski definition) is 4. The Morgan fingerprint density at radius 3 is 2.68 bits per heavy atom. The van der Waals surface area contributed by atoms with E-state index in [9.17, 15) is 9.59 Å². The minimum absolute atomic E-state index is 0.314. The Morgan fingerprint density at radius 1 is 1.13 bits per heavy atom. The summed E-state index contributed by atoms with van der Waals surface area (Å²) in [5.41, 5.74) is 1.57. The molecule has 1 saturated carbocycles. The van der Waals surface area contributed by atoms with E-state index in [4.69, 9.17) is 16.3 Å². The summed E-state index contributed by atoms with van der Waals surface area (Å²) >= 11 is 6.13. The van der Waals surface area contributed by atoms with Crippen LogP contribution >= 0.6 is 11.6 Å². The van der Waals surface area contributed by atoms with E-state index in [1.165, 1.54) is 9.13 Å². The average Bonchev–Trinajstić information content (AvgIpc) is 3.50. The highest BCUT2D eigenvalue weighted by Gasteiger charge is 2.26. The van der Waals surface area contributed by atoms with Crippen molar-refractivity contribution in [1.82, 2.24) is 18.7 Å². The summed E-state index contributed by atoms with van der Waals surface area (Å²) in [6.45, 7) is 0.839. The third kappa shape index (κ3) is 3.65. The minimum Gasteiger partial charge on any atom is -0.497 e. The summed E-state index contributed by atoms with van der Waals surface area (Å²) in [4.78, 5) is 31.3. The predicted molar refractivity (Wildman–Crippen MR) is 119 cm³/mol. The molecule has 2 heterocycles. The molecule has 0 N–H and O–H groups in total. The van der Waals surface area contributed by atoms with Crippen molar-refractivity contribution in [3.8, 4) is 11.4 Å². The zero-order valence-corrected chi connectivity index (χ0v) is 17.7. The van der Waals surface area contributed by atoms with E-state index < -0.39 is 0 Å². The molecule has 0 aliphatic heterocycles. The van der Waals surface area contributed by atoms with E-state index >= 15 is 0 Å². The molecule has 5 rings (SSSR count). The summed E-state index contributed by atoms with van der Waals surface area (Å²) in [6, 6.07) is 14.7. The lowest BCUT2D eigenvalue weighted by Gasteiger charge is -2.13. The van der Waals surface area contributed by atoms with Crippen LogP contribution in [0.4, 0.5) is 0 Å². The van der Waals surface area contributed by atoms with E-state index in [-0.39, 0.29) is 11.2 Å². The maximum absolute atomic E-state index is 13.4. The highest BCUT2D eigenvalue weighted by atomic mass is 35.5. The number of imidazole rings is 1. The first-order valence-corrected chi connectivity index (χ1v) is 10.5. The van der Waals surface area contributed by atoms with E-state index in [1.807, 2.05) is 36.4 Å². The first-order chi connectivity index (χ1) is 15.0. The van der Waals surface area contributed by atoms with E-state index in [2.05, 4.69) is 4.98 Å². The molecule has 31 heavy (non-hydrogen) atoms. The van der Waals surface area contributed by atoms with Gasteiger partial charge in [-0.1, -0.05) is 29.8 Å². The molecule has 0 atom stereocenters. The number of nitrogens with zero attached hydrogens (tertiary/aromatic N) is 4. The third-order valence-electron chi connectivity index (χ3n) is 5.59. The highest BCUT2D eigenvalue weighted by molar-refractivity contribution is 6.30. The number of fused-ring (bicyclic) bond motifs is 1. The fourth-order valence-electron chi connectivity index (χ4n) is 3.83. The van der Waals surface area contributed by atoms with E-state index in [1.54, 1.807) is 30.1 Å². The molecule has 1 aliphatic carbocycles. The standard InChI is InChI=1S/C23H21ClN4O3/c1-31-19-7-3-6-18(11-19)28-21-20(22(29)27(23(28)30)13-15-8-9-15)26(14-25-21)12-16-4-2-5-17(24)10-16/h2-7,10-11,14-15H,8-9,12-13H2,1H3. The van der Waals surface area contributed by atoms with Crippen LogP contribution in [0, 0.1) is 5.92 Å². The first-order valence-electron chi connectivity index (χ1n) is 10.1. The monoisotopic (exact) mass is 436 g/mol. The van der Waals surface area contributed by atoms with Gasteiger partial charge in [0.15, 0.2) is 11.2 Å². The van der Waals surface area contributed by atoms with Crippen molar-refractivity contribution in [3.05, 3.63) is 86.3 Å². The molecule has 2 aromatic carbocycles. The largest absolute Gasteiger partial charge is 0.497 e. The molecule has 0 radical (unpaired) electrons. The minimum atomic E-state index is -0.384. The van der Waals surface area contributed by atoms with Crippen LogP contribution < -0.4 is 16.0 Å². The Kier molecular flexibility index (Phi) is 4.90. The van der Waals surface area contributed by atoms with Gasteiger partial charge in [-0.2, -0.15) is 0 Å². The van der Waals surface area contributed by atoms with Crippen molar-refractivity contribution >= 4 is 22.8 Å². The number of methoxy groups -OCH3 is 1. The molecule has 0 spiro atoms. The first kappa shape index (κ1) is 19.6. The Labute approximate surface area is 183 Å². The molecular formula is C23H21ClN4O3. The molecule has 0 saturated heterocycles. The molecule has 8 heteroatoms. The van der Waals surface area contributed by atoms with Gasteiger partial charge < -0.3 is 9.30 Å². The SMILES string of the molecule is COc1cccc(-n2c(=O)n(CC3CC3)c(=O)c3c2ncn3Cc2cccc(Cl)c2)c1. The summed E-state index contributed by atoms with van der Waals surface area (Å²) < 4.78 is 9.95. The maximum atomic E-state index is 13.4. The van der Waals surface area contributed by atoms with Gasteiger partial charge in [-0.3, -0.25) is 9.36 Å². The van der Waals surface area contributed by atoms with Crippen LogP contribution in [-0.4, -0.2) is 25.8 Å². The van der Waals surface area contributed by atoms with Crippen molar-refractivity contribution in [3.63, 3.8) is 0 Å². The molecule has 0 bridgehead atoms. The van der Waals surface area contributed by atoms with Gasteiger partial charge >= 0.3 is 5.69 Å². The summed E-state index contributed by atoms with van der Waals surface area (Å²) in [6.07, 6.45) is 3.67. The average molecular weight is 437 g/mol. The smallest absolute Gasteiger partial charge is 0.337 e. The van der Waals surface area contributed by atoms with Crippen LogP contribution in [0.15, 0.2) is 64.4 Å². The fourth-order valence-corrected chi connectivity index (χ4v) is 4.05. The van der Waals surface area contributed by atoms with Crippen LogP contribution in [0.2, 0.25) is 5.02 Å². The van der Waals surface area contributed by atoms with E-state index in [0.717, 1.165) is 18.4 Å². The molecule has 158 valence electrons. The van der Waals surface area contributed by atoms with E-state index in [0.29, 0.717) is 46.6 Å². The second-order valence-electron chi connectivity index (χ2n) is 7.85. The molecule has 2 aromatic heterocycles. The summed E-state index contributed by atoms with van der Waals surface area (Å²) in [5, 5.41) is 0.626. The Morgan fingerprint density at radius 2 is 1.94 bits per heavy atom. The zero-order chi connectivity index (χ0) is 21.5. The second kappa shape index (κ2) is 7.74. The molecular weight excluding hydrogens is 416 g/mol. The zero-order valence-electron chi connectivity index (χ0n) is 17.0. The van der Waals surface area contributed by atoms with Gasteiger partial charge in [-0.05, 0) is 48.6 Å². The molecule has 4 aromatic rings.